The summed E-state index contributed by atoms with van der Waals surface area (Å²) >= 11 is 0. The Kier molecular flexibility index (Phi) is 3.46. The lowest BCUT2D eigenvalue weighted by Crippen LogP contribution is -2.16. The number of anilines is 1. The maximum absolute atomic E-state index is 11.3. The Hall–Kier alpha value is -2.21. The lowest BCUT2D eigenvalue weighted by Gasteiger charge is -2.05. The molecule has 6 nitrogen and oxygen atoms in total. The zero-order chi connectivity index (χ0) is 12.1. The monoisotopic (exact) mass is 231 g/mol. The van der Waals surface area contributed by atoms with Crippen LogP contribution in [0.2, 0.25) is 0 Å². The van der Waals surface area contributed by atoms with E-state index in [0.29, 0.717) is 24.5 Å². The molecule has 88 valence electrons. The summed E-state index contributed by atoms with van der Waals surface area (Å²) in [7, 11) is 0. The van der Waals surface area contributed by atoms with Crippen molar-refractivity contribution in [3.8, 4) is 5.82 Å². The SMILES string of the molecule is NCCC(=O)Nc1ccc(-n2cccn2)nc1. The smallest absolute Gasteiger partial charge is 0.225 e. The Morgan fingerprint density at radius 3 is 2.94 bits per heavy atom. The number of nitrogens with two attached hydrogens (primary N) is 1. The highest BCUT2D eigenvalue weighted by Gasteiger charge is 2.02. The van der Waals surface area contributed by atoms with E-state index in [1.54, 1.807) is 35.4 Å². The highest BCUT2D eigenvalue weighted by atomic mass is 16.1. The average molecular weight is 231 g/mol. The van der Waals surface area contributed by atoms with Gasteiger partial charge in [-0.1, -0.05) is 0 Å². The van der Waals surface area contributed by atoms with Crippen molar-refractivity contribution in [3.05, 3.63) is 36.8 Å². The summed E-state index contributed by atoms with van der Waals surface area (Å²) in [6.07, 6.45) is 5.37. The van der Waals surface area contributed by atoms with Crippen molar-refractivity contribution in [2.75, 3.05) is 11.9 Å². The van der Waals surface area contributed by atoms with Crippen molar-refractivity contribution >= 4 is 11.6 Å². The number of carbonyl (C=O) groups is 1. The van der Waals surface area contributed by atoms with Crippen molar-refractivity contribution in [3.63, 3.8) is 0 Å². The van der Waals surface area contributed by atoms with E-state index in [4.69, 9.17) is 5.73 Å². The van der Waals surface area contributed by atoms with Crippen LogP contribution in [0.1, 0.15) is 6.42 Å². The Morgan fingerprint density at radius 1 is 1.47 bits per heavy atom. The van der Waals surface area contributed by atoms with E-state index in [-0.39, 0.29) is 5.91 Å². The molecule has 0 aliphatic rings. The fourth-order valence-corrected chi connectivity index (χ4v) is 1.35. The molecule has 0 saturated carbocycles. The summed E-state index contributed by atoms with van der Waals surface area (Å²) < 4.78 is 1.64. The Morgan fingerprint density at radius 2 is 2.35 bits per heavy atom. The van der Waals surface area contributed by atoms with Gasteiger partial charge in [0, 0.05) is 25.4 Å². The third kappa shape index (κ3) is 2.88. The summed E-state index contributed by atoms with van der Waals surface area (Å²) in [5.74, 6) is 0.591. The average Bonchev–Trinajstić information content (AvgIpc) is 2.84. The van der Waals surface area contributed by atoms with E-state index in [1.165, 1.54) is 0 Å². The minimum absolute atomic E-state index is 0.110. The van der Waals surface area contributed by atoms with Gasteiger partial charge < -0.3 is 11.1 Å². The van der Waals surface area contributed by atoms with Gasteiger partial charge in [0.15, 0.2) is 5.82 Å². The van der Waals surface area contributed by atoms with Crippen molar-refractivity contribution in [1.29, 1.82) is 0 Å². The molecule has 0 aromatic carbocycles. The zero-order valence-electron chi connectivity index (χ0n) is 9.21. The fraction of sp³-hybridized carbons (Fsp3) is 0.182. The quantitative estimate of drug-likeness (QED) is 0.804. The van der Waals surface area contributed by atoms with Gasteiger partial charge in [-0.2, -0.15) is 5.10 Å². The molecule has 0 aliphatic heterocycles. The van der Waals surface area contributed by atoms with Gasteiger partial charge >= 0.3 is 0 Å². The van der Waals surface area contributed by atoms with Crippen molar-refractivity contribution in [2.24, 2.45) is 5.73 Å². The lowest BCUT2D eigenvalue weighted by atomic mass is 10.3. The number of carbonyl (C=O) groups excluding carboxylic acids is 1. The second-order valence-electron chi connectivity index (χ2n) is 3.44. The second-order valence-corrected chi connectivity index (χ2v) is 3.44. The third-order valence-corrected chi connectivity index (χ3v) is 2.14. The summed E-state index contributed by atoms with van der Waals surface area (Å²) in [5, 5.41) is 6.76. The van der Waals surface area contributed by atoms with Crippen LogP contribution in [0.4, 0.5) is 5.69 Å². The molecule has 0 fully saturated rings. The number of amides is 1. The molecule has 0 radical (unpaired) electrons. The molecule has 2 aromatic rings. The molecule has 3 N–H and O–H groups in total. The second kappa shape index (κ2) is 5.22. The van der Waals surface area contributed by atoms with E-state index in [2.05, 4.69) is 15.4 Å². The molecule has 0 atom stereocenters. The fourth-order valence-electron chi connectivity index (χ4n) is 1.35. The van der Waals surface area contributed by atoms with Gasteiger partial charge in [-0.3, -0.25) is 4.79 Å². The molecule has 1 amide bonds. The number of aromatic nitrogens is 3. The molecule has 0 spiro atoms. The van der Waals surface area contributed by atoms with Crippen LogP contribution in [0.5, 0.6) is 0 Å². The standard InChI is InChI=1S/C11H13N5O/c12-5-4-11(17)15-9-2-3-10(13-8-9)16-7-1-6-14-16/h1-3,6-8H,4-5,12H2,(H,15,17). The summed E-state index contributed by atoms with van der Waals surface area (Å²) in [5.41, 5.74) is 5.94. The number of nitrogens with zero attached hydrogens (tertiary/aromatic N) is 3. The van der Waals surface area contributed by atoms with Gasteiger partial charge in [0.2, 0.25) is 5.91 Å². The van der Waals surface area contributed by atoms with Crippen LogP contribution >= 0.6 is 0 Å². The topological polar surface area (TPSA) is 85.8 Å². The lowest BCUT2D eigenvalue weighted by molar-refractivity contribution is -0.116. The molecule has 2 aromatic heterocycles. The molecule has 0 aliphatic carbocycles. The Balaban J connectivity index is 2.06. The third-order valence-electron chi connectivity index (χ3n) is 2.14. The van der Waals surface area contributed by atoms with Gasteiger partial charge in [0.05, 0.1) is 11.9 Å². The summed E-state index contributed by atoms with van der Waals surface area (Å²) in [6.45, 7) is 0.338. The zero-order valence-corrected chi connectivity index (χ0v) is 9.21. The molecule has 2 heterocycles. The van der Waals surface area contributed by atoms with Crippen LogP contribution in [0.15, 0.2) is 36.8 Å². The predicted octanol–water partition coefficient (Wildman–Crippen LogP) is 0.555. The predicted molar refractivity (Wildman–Crippen MR) is 63.7 cm³/mol. The van der Waals surface area contributed by atoms with Crippen molar-refractivity contribution in [1.82, 2.24) is 14.8 Å². The summed E-state index contributed by atoms with van der Waals surface area (Å²) in [4.78, 5) is 15.5. The van der Waals surface area contributed by atoms with E-state index in [1.807, 2.05) is 6.07 Å². The van der Waals surface area contributed by atoms with Crippen LogP contribution in [-0.4, -0.2) is 27.2 Å². The van der Waals surface area contributed by atoms with Gasteiger partial charge in [0.1, 0.15) is 0 Å². The van der Waals surface area contributed by atoms with Gasteiger partial charge in [-0.25, -0.2) is 9.67 Å². The first-order valence-electron chi connectivity index (χ1n) is 5.25. The van der Waals surface area contributed by atoms with Crippen LogP contribution < -0.4 is 11.1 Å². The number of hydrogen-bond acceptors (Lipinski definition) is 4. The largest absolute Gasteiger partial charge is 0.330 e. The van der Waals surface area contributed by atoms with E-state index >= 15 is 0 Å². The Labute approximate surface area is 98.5 Å². The number of hydrogen-bond donors (Lipinski definition) is 2. The normalized spacial score (nSPS) is 10.2. The first-order valence-corrected chi connectivity index (χ1v) is 5.25. The molecule has 0 saturated heterocycles. The van der Waals surface area contributed by atoms with Crippen molar-refractivity contribution in [2.45, 2.75) is 6.42 Å². The maximum Gasteiger partial charge on any atom is 0.225 e. The molecule has 0 bridgehead atoms. The van der Waals surface area contributed by atoms with Crippen LogP contribution in [0.3, 0.4) is 0 Å². The maximum atomic E-state index is 11.3. The molecule has 17 heavy (non-hydrogen) atoms. The highest BCUT2D eigenvalue weighted by molar-refractivity contribution is 5.90. The van der Waals surface area contributed by atoms with E-state index in [0.717, 1.165) is 0 Å². The molecule has 6 heteroatoms. The molecular weight excluding hydrogens is 218 g/mol. The van der Waals surface area contributed by atoms with E-state index in [9.17, 15) is 4.79 Å². The van der Waals surface area contributed by atoms with Crippen LogP contribution in [0, 0.1) is 0 Å². The first kappa shape index (κ1) is 11.3. The van der Waals surface area contributed by atoms with Crippen LogP contribution in [0.25, 0.3) is 5.82 Å². The minimum atomic E-state index is -0.110. The highest BCUT2D eigenvalue weighted by Crippen LogP contribution is 2.09. The first-order chi connectivity index (χ1) is 8.29. The molecule has 0 unspecified atom stereocenters. The Bertz CT molecular complexity index is 477. The molecule has 2 rings (SSSR count). The van der Waals surface area contributed by atoms with E-state index < -0.39 is 0 Å². The molecular formula is C11H13N5O. The van der Waals surface area contributed by atoms with Gasteiger partial charge in [-0.05, 0) is 18.2 Å². The van der Waals surface area contributed by atoms with Crippen molar-refractivity contribution < 1.29 is 4.79 Å². The van der Waals surface area contributed by atoms with Gasteiger partial charge in [0.25, 0.3) is 0 Å². The number of rotatable bonds is 4. The summed E-state index contributed by atoms with van der Waals surface area (Å²) in [6, 6.07) is 5.38. The number of nitrogens with one attached hydrogen (secondary N) is 1. The van der Waals surface area contributed by atoms with Crippen LogP contribution in [-0.2, 0) is 4.79 Å². The van der Waals surface area contributed by atoms with Gasteiger partial charge in [-0.15, -0.1) is 0 Å². The minimum Gasteiger partial charge on any atom is -0.330 e. The number of pyridine rings is 1.